The van der Waals surface area contributed by atoms with E-state index in [9.17, 15) is 0 Å². The molecule has 9 rings (SSSR count). The van der Waals surface area contributed by atoms with Gasteiger partial charge in [-0.3, -0.25) is 0 Å². The van der Waals surface area contributed by atoms with Gasteiger partial charge in [-0.15, -0.1) is 0 Å². The van der Waals surface area contributed by atoms with Crippen LogP contribution in [0.5, 0.6) is 0 Å². The minimum Gasteiger partial charge on any atom is -0.311 e. The molecule has 0 aromatic heterocycles. The molecule has 0 saturated carbocycles. The molecule has 8 aromatic rings. The third kappa shape index (κ3) is 6.47. The van der Waals surface area contributed by atoms with E-state index in [-0.39, 0.29) is 5.41 Å². The maximum absolute atomic E-state index is 4.47. The van der Waals surface area contributed by atoms with E-state index in [0.717, 1.165) is 51.2 Å². The second kappa shape index (κ2) is 14.9. The van der Waals surface area contributed by atoms with Crippen LogP contribution in [0, 0.1) is 0 Å². The second-order valence-electron chi connectivity index (χ2n) is 15.1. The molecule has 0 atom stereocenters. The van der Waals surface area contributed by atoms with E-state index in [4.69, 9.17) is 0 Å². The molecule has 0 amide bonds. The summed E-state index contributed by atoms with van der Waals surface area (Å²) in [4.78, 5) is 6.91. The maximum Gasteiger partial charge on any atom is 0.0471 e. The zero-order valence-electron chi connectivity index (χ0n) is 32.7. The van der Waals surface area contributed by atoms with Crippen molar-refractivity contribution in [3.05, 3.63) is 230 Å². The van der Waals surface area contributed by atoms with Gasteiger partial charge < -0.3 is 14.7 Å². The van der Waals surface area contributed by atoms with Crippen LogP contribution in [-0.4, -0.2) is 0 Å². The molecule has 0 bridgehead atoms. The van der Waals surface area contributed by atoms with Crippen LogP contribution in [-0.2, 0) is 5.41 Å². The molecule has 3 heteroatoms. The normalized spacial score (nSPS) is 12.9. The lowest BCUT2D eigenvalue weighted by atomic mass is 9.81. The predicted octanol–water partition coefficient (Wildman–Crippen LogP) is 15.4. The second-order valence-corrected chi connectivity index (χ2v) is 15.1. The first kappa shape index (κ1) is 35.6. The van der Waals surface area contributed by atoms with Crippen molar-refractivity contribution >= 4 is 67.0 Å². The van der Waals surface area contributed by atoms with Gasteiger partial charge in [-0.25, -0.2) is 0 Å². The van der Waals surface area contributed by atoms with Crippen molar-refractivity contribution in [2.75, 3.05) is 14.7 Å². The van der Waals surface area contributed by atoms with Crippen molar-refractivity contribution in [2.45, 2.75) is 26.2 Å². The number of hydrogen-bond donors (Lipinski definition) is 0. The van der Waals surface area contributed by atoms with Gasteiger partial charge in [0.2, 0.25) is 0 Å². The Hall–Kier alpha value is -7.10. The minimum absolute atomic E-state index is 0.139. The summed E-state index contributed by atoms with van der Waals surface area (Å²) in [7, 11) is 0. The molecule has 0 fully saturated rings. The summed E-state index contributed by atoms with van der Waals surface area (Å²) >= 11 is 0. The fourth-order valence-corrected chi connectivity index (χ4v) is 8.47. The standard InChI is InChI=1S/C54H45N3/c1-5-6-10-18-39(2)55(42-20-11-7-12-21-42)45-29-31-47(32-30-45)57(49-37-41-28-27-40-19-17-26-50-52(40)53(41)51(38-49)54(50,3)4)48-35-33-46(34-36-48)56(43-22-13-8-14-23-43)44-24-15-9-16-25-44/h5-38H,2H2,1,3-4H3/b6-5-,18-10-. The first-order valence-corrected chi connectivity index (χ1v) is 19.7. The van der Waals surface area contributed by atoms with E-state index in [2.05, 4.69) is 217 Å². The molecule has 0 aliphatic heterocycles. The Bertz CT molecular complexity index is 2730. The average Bonchev–Trinajstić information content (AvgIpc) is 3.49. The van der Waals surface area contributed by atoms with Crippen molar-refractivity contribution in [1.29, 1.82) is 0 Å². The highest BCUT2D eigenvalue weighted by molar-refractivity contribution is 6.16. The highest BCUT2D eigenvalue weighted by Gasteiger charge is 2.35. The van der Waals surface area contributed by atoms with Crippen molar-refractivity contribution in [1.82, 2.24) is 0 Å². The van der Waals surface area contributed by atoms with Crippen molar-refractivity contribution < 1.29 is 0 Å². The van der Waals surface area contributed by atoms with Crippen LogP contribution < -0.4 is 14.7 Å². The molecule has 8 aromatic carbocycles. The summed E-state index contributed by atoms with van der Waals surface area (Å²) < 4.78 is 0. The lowest BCUT2D eigenvalue weighted by molar-refractivity contribution is 0.663. The van der Waals surface area contributed by atoms with Crippen molar-refractivity contribution in [3.63, 3.8) is 0 Å². The first-order valence-electron chi connectivity index (χ1n) is 19.7. The topological polar surface area (TPSA) is 9.72 Å². The van der Waals surface area contributed by atoms with Crippen LogP contribution in [0.2, 0.25) is 0 Å². The molecule has 1 aliphatic carbocycles. The summed E-state index contributed by atoms with van der Waals surface area (Å²) in [6.07, 6.45) is 8.14. The van der Waals surface area contributed by atoms with Gasteiger partial charge in [-0.05, 0) is 143 Å². The van der Waals surface area contributed by atoms with Gasteiger partial charge in [0.15, 0.2) is 0 Å². The Labute approximate surface area is 336 Å². The van der Waals surface area contributed by atoms with E-state index in [1.54, 1.807) is 0 Å². The number of para-hydroxylation sites is 3. The van der Waals surface area contributed by atoms with Crippen LogP contribution in [0.4, 0.5) is 45.5 Å². The van der Waals surface area contributed by atoms with E-state index in [0.29, 0.717) is 0 Å². The van der Waals surface area contributed by atoms with Crippen LogP contribution in [0.25, 0.3) is 21.5 Å². The van der Waals surface area contributed by atoms with Gasteiger partial charge >= 0.3 is 0 Å². The van der Waals surface area contributed by atoms with Gasteiger partial charge in [0.25, 0.3) is 0 Å². The Morgan fingerprint density at radius 1 is 0.439 bits per heavy atom. The number of nitrogens with zero attached hydrogens (tertiary/aromatic N) is 3. The predicted molar refractivity (Wildman–Crippen MR) is 245 cm³/mol. The SMILES string of the molecule is C=C(/C=C\C=C/C)N(c1ccccc1)c1ccc(N(c2ccc(N(c3ccccc3)c3ccccc3)cc2)c2cc3c4c(ccc5cccc(c54)C3(C)C)c2)cc1. The molecule has 0 heterocycles. The van der Waals surface area contributed by atoms with E-state index in [1.807, 2.05) is 31.2 Å². The fraction of sp³-hybridized carbons (Fsp3) is 0.0741. The van der Waals surface area contributed by atoms with E-state index < -0.39 is 0 Å². The quantitative estimate of drug-likeness (QED) is 0.0967. The molecule has 0 radical (unpaired) electrons. The van der Waals surface area contributed by atoms with Gasteiger partial charge in [0.05, 0.1) is 0 Å². The third-order valence-electron chi connectivity index (χ3n) is 11.2. The van der Waals surface area contributed by atoms with E-state index in [1.165, 1.54) is 32.7 Å². The van der Waals surface area contributed by atoms with Crippen LogP contribution >= 0.6 is 0 Å². The molecule has 0 N–H and O–H groups in total. The van der Waals surface area contributed by atoms with Crippen LogP contribution in [0.3, 0.4) is 0 Å². The number of benzene rings is 8. The highest BCUT2D eigenvalue weighted by Crippen LogP contribution is 2.51. The molecule has 276 valence electrons. The lowest BCUT2D eigenvalue weighted by Crippen LogP contribution is -2.17. The van der Waals surface area contributed by atoms with Crippen molar-refractivity contribution in [2.24, 2.45) is 0 Å². The zero-order valence-corrected chi connectivity index (χ0v) is 32.7. The average molecular weight is 736 g/mol. The summed E-state index contributed by atoms with van der Waals surface area (Å²) in [5.41, 5.74) is 12.2. The van der Waals surface area contributed by atoms with Gasteiger partial charge in [0.1, 0.15) is 0 Å². The molecule has 57 heavy (non-hydrogen) atoms. The molecule has 1 aliphatic rings. The summed E-state index contributed by atoms with van der Waals surface area (Å²) in [6.45, 7) is 11.2. The molecule has 0 saturated heterocycles. The number of anilines is 8. The Balaban J connectivity index is 1.18. The lowest BCUT2D eigenvalue weighted by Gasteiger charge is -2.30. The summed E-state index contributed by atoms with van der Waals surface area (Å²) in [5.74, 6) is 0. The summed E-state index contributed by atoms with van der Waals surface area (Å²) in [5, 5.41) is 5.31. The first-order chi connectivity index (χ1) is 27.9. The fourth-order valence-electron chi connectivity index (χ4n) is 8.47. The zero-order chi connectivity index (χ0) is 38.9. The highest BCUT2D eigenvalue weighted by atomic mass is 15.2. The molecule has 3 nitrogen and oxygen atoms in total. The van der Waals surface area contributed by atoms with Crippen molar-refractivity contribution in [3.8, 4) is 0 Å². The van der Waals surface area contributed by atoms with Crippen LogP contribution in [0.15, 0.2) is 219 Å². The maximum atomic E-state index is 4.47. The molecular formula is C54H45N3. The van der Waals surface area contributed by atoms with Gasteiger partial charge in [-0.2, -0.15) is 0 Å². The Morgan fingerprint density at radius 3 is 1.46 bits per heavy atom. The van der Waals surface area contributed by atoms with E-state index >= 15 is 0 Å². The number of rotatable bonds is 11. The largest absolute Gasteiger partial charge is 0.311 e. The molecular weight excluding hydrogens is 691 g/mol. The Morgan fingerprint density at radius 2 is 0.895 bits per heavy atom. The van der Waals surface area contributed by atoms with Gasteiger partial charge in [0, 0.05) is 56.6 Å². The van der Waals surface area contributed by atoms with Gasteiger partial charge in [-0.1, -0.05) is 124 Å². The number of hydrogen-bond acceptors (Lipinski definition) is 3. The summed E-state index contributed by atoms with van der Waals surface area (Å²) in [6, 6.07) is 65.5. The monoisotopic (exact) mass is 735 g/mol. The Kier molecular flexibility index (Phi) is 9.28. The smallest absolute Gasteiger partial charge is 0.0471 e. The molecule has 0 unspecified atom stereocenters. The minimum atomic E-state index is -0.139. The van der Waals surface area contributed by atoms with Crippen LogP contribution in [0.1, 0.15) is 31.9 Å². The molecule has 0 spiro atoms. The number of allylic oxidation sites excluding steroid dienone is 4. The third-order valence-corrected chi connectivity index (χ3v) is 11.2.